The van der Waals surface area contributed by atoms with Crippen LogP contribution in [0.2, 0.25) is 0 Å². The number of nitrogens with zero attached hydrogens (tertiary/aromatic N) is 1. The molecule has 0 aromatic heterocycles. The van der Waals surface area contributed by atoms with Crippen molar-refractivity contribution in [2.24, 2.45) is 5.73 Å². The molecule has 1 heterocycles. The van der Waals surface area contributed by atoms with E-state index < -0.39 is 0 Å². The van der Waals surface area contributed by atoms with Gasteiger partial charge in [-0.2, -0.15) is 0 Å². The minimum absolute atomic E-state index is 0.0428. The molecule has 1 amide bonds. The van der Waals surface area contributed by atoms with Gasteiger partial charge in [0.1, 0.15) is 6.04 Å². The van der Waals surface area contributed by atoms with Gasteiger partial charge < -0.3 is 10.6 Å². The van der Waals surface area contributed by atoms with E-state index in [4.69, 9.17) is 5.73 Å². The topological polar surface area (TPSA) is 46.3 Å². The zero-order chi connectivity index (χ0) is 11.2. The molecule has 1 unspecified atom stereocenters. The van der Waals surface area contributed by atoms with Crippen molar-refractivity contribution in [1.29, 1.82) is 0 Å². The number of benzene rings is 1. The van der Waals surface area contributed by atoms with Crippen molar-refractivity contribution in [2.75, 3.05) is 11.4 Å². The third-order valence-corrected chi connectivity index (χ3v) is 3.88. The standard InChI is InChI=1S/C9H7Br3N2O/c10-4-1-5(11)8(6(12)2-4)14-3-7(13)9(14)15/h1-2,7H,3,13H2. The molecule has 80 valence electrons. The molecule has 1 fully saturated rings. The third kappa shape index (κ3) is 2.00. The number of rotatable bonds is 1. The molecule has 1 aromatic rings. The van der Waals surface area contributed by atoms with Crippen LogP contribution in [0.1, 0.15) is 0 Å². The monoisotopic (exact) mass is 396 g/mol. The SMILES string of the molecule is NC1CN(c2c(Br)cc(Br)cc2Br)C1=O. The summed E-state index contributed by atoms with van der Waals surface area (Å²) in [6, 6.07) is 3.45. The predicted molar refractivity (Wildman–Crippen MR) is 69.9 cm³/mol. The first-order valence-electron chi connectivity index (χ1n) is 4.22. The smallest absolute Gasteiger partial charge is 0.245 e. The van der Waals surface area contributed by atoms with Crippen LogP contribution in [-0.4, -0.2) is 18.5 Å². The average Bonchev–Trinajstić information content (AvgIpc) is 2.15. The number of amides is 1. The molecular weight excluding hydrogens is 392 g/mol. The van der Waals surface area contributed by atoms with Crippen LogP contribution in [0.25, 0.3) is 0 Å². The zero-order valence-corrected chi connectivity index (χ0v) is 12.3. The summed E-state index contributed by atoms with van der Waals surface area (Å²) in [4.78, 5) is 13.2. The first kappa shape index (κ1) is 11.6. The molecule has 1 aromatic carbocycles. The maximum atomic E-state index is 11.5. The van der Waals surface area contributed by atoms with E-state index in [1.54, 1.807) is 4.90 Å². The van der Waals surface area contributed by atoms with Crippen molar-refractivity contribution in [2.45, 2.75) is 6.04 Å². The molecule has 1 aliphatic heterocycles. The Morgan fingerprint density at radius 3 is 2.20 bits per heavy atom. The first-order valence-corrected chi connectivity index (χ1v) is 6.60. The maximum absolute atomic E-state index is 11.5. The van der Waals surface area contributed by atoms with Gasteiger partial charge in [0.2, 0.25) is 5.91 Å². The minimum atomic E-state index is -0.354. The number of anilines is 1. The Kier molecular flexibility index (Phi) is 3.21. The lowest BCUT2D eigenvalue weighted by Crippen LogP contribution is -2.61. The number of hydrogen-bond donors (Lipinski definition) is 1. The molecule has 15 heavy (non-hydrogen) atoms. The molecule has 6 heteroatoms. The average molecular weight is 399 g/mol. The van der Waals surface area contributed by atoms with E-state index in [0.717, 1.165) is 19.1 Å². The molecule has 0 radical (unpaired) electrons. The molecule has 2 N–H and O–H groups in total. The van der Waals surface area contributed by atoms with E-state index >= 15 is 0 Å². The van der Waals surface area contributed by atoms with E-state index in [1.807, 2.05) is 12.1 Å². The van der Waals surface area contributed by atoms with Gasteiger partial charge in [-0.15, -0.1) is 0 Å². The summed E-state index contributed by atoms with van der Waals surface area (Å²) < 4.78 is 2.68. The molecule has 2 rings (SSSR count). The zero-order valence-electron chi connectivity index (χ0n) is 7.51. The van der Waals surface area contributed by atoms with Gasteiger partial charge in [0.15, 0.2) is 0 Å². The molecule has 0 saturated carbocycles. The summed E-state index contributed by atoms with van der Waals surface area (Å²) in [5, 5.41) is 0. The highest BCUT2D eigenvalue weighted by molar-refractivity contribution is 9.11. The van der Waals surface area contributed by atoms with Crippen molar-refractivity contribution >= 4 is 59.4 Å². The Morgan fingerprint density at radius 2 is 1.80 bits per heavy atom. The fourth-order valence-corrected chi connectivity index (χ4v) is 4.13. The number of hydrogen-bond acceptors (Lipinski definition) is 2. The van der Waals surface area contributed by atoms with Gasteiger partial charge in [0.05, 0.1) is 12.2 Å². The lowest BCUT2D eigenvalue weighted by Gasteiger charge is -2.37. The van der Waals surface area contributed by atoms with E-state index in [2.05, 4.69) is 47.8 Å². The quantitative estimate of drug-likeness (QED) is 0.739. The van der Waals surface area contributed by atoms with Crippen molar-refractivity contribution in [1.82, 2.24) is 0 Å². The van der Waals surface area contributed by atoms with Crippen LogP contribution in [0.5, 0.6) is 0 Å². The summed E-state index contributed by atoms with van der Waals surface area (Å²) in [6.07, 6.45) is 0. The van der Waals surface area contributed by atoms with Crippen LogP contribution in [0.4, 0.5) is 5.69 Å². The number of halogens is 3. The largest absolute Gasteiger partial charge is 0.318 e. The normalized spacial score (nSPS) is 20.4. The minimum Gasteiger partial charge on any atom is -0.318 e. The Bertz CT molecular complexity index is 412. The van der Waals surface area contributed by atoms with Crippen molar-refractivity contribution < 1.29 is 4.79 Å². The van der Waals surface area contributed by atoms with Crippen LogP contribution in [0, 0.1) is 0 Å². The maximum Gasteiger partial charge on any atom is 0.245 e. The molecule has 3 nitrogen and oxygen atoms in total. The van der Waals surface area contributed by atoms with Crippen molar-refractivity contribution in [3.05, 3.63) is 25.6 Å². The Balaban J connectivity index is 2.41. The number of β-lactam (4-membered cyclic amide) rings is 1. The van der Waals surface area contributed by atoms with Gasteiger partial charge in [0, 0.05) is 13.4 Å². The van der Waals surface area contributed by atoms with Crippen LogP contribution in [-0.2, 0) is 4.79 Å². The second-order valence-corrected chi connectivity index (χ2v) is 5.90. The van der Waals surface area contributed by atoms with E-state index in [9.17, 15) is 4.79 Å². The lowest BCUT2D eigenvalue weighted by molar-refractivity contribution is -0.123. The van der Waals surface area contributed by atoms with Gasteiger partial charge in [-0.1, -0.05) is 15.9 Å². The van der Waals surface area contributed by atoms with Crippen LogP contribution >= 0.6 is 47.8 Å². The van der Waals surface area contributed by atoms with Crippen LogP contribution in [0.3, 0.4) is 0 Å². The van der Waals surface area contributed by atoms with Gasteiger partial charge in [-0.3, -0.25) is 4.79 Å². The highest BCUT2D eigenvalue weighted by Crippen LogP contribution is 2.39. The molecule has 0 spiro atoms. The van der Waals surface area contributed by atoms with E-state index in [0.29, 0.717) is 6.54 Å². The highest BCUT2D eigenvalue weighted by atomic mass is 79.9. The lowest BCUT2D eigenvalue weighted by atomic mass is 10.1. The summed E-state index contributed by atoms with van der Waals surface area (Å²) >= 11 is 10.2. The fraction of sp³-hybridized carbons (Fsp3) is 0.222. The Hall–Kier alpha value is 0.0900. The summed E-state index contributed by atoms with van der Waals surface area (Å²) in [7, 11) is 0. The number of carbonyl (C=O) groups excluding carboxylic acids is 1. The first-order chi connectivity index (χ1) is 7.00. The highest BCUT2D eigenvalue weighted by Gasteiger charge is 2.36. The summed E-state index contributed by atoms with van der Waals surface area (Å²) in [5.74, 6) is -0.0428. The van der Waals surface area contributed by atoms with E-state index in [-0.39, 0.29) is 11.9 Å². The number of carbonyl (C=O) groups is 1. The second kappa shape index (κ2) is 4.16. The number of nitrogens with two attached hydrogens (primary N) is 1. The van der Waals surface area contributed by atoms with Crippen LogP contribution in [0.15, 0.2) is 25.6 Å². The molecular formula is C9H7Br3N2O. The summed E-state index contributed by atoms with van der Waals surface area (Å²) in [6.45, 7) is 0.567. The molecule has 0 aliphatic carbocycles. The summed E-state index contributed by atoms with van der Waals surface area (Å²) in [5.41, 5.74) is 6.39. The molecule has 1 atom stereocenters. The van der Waals surface area contributed by atoms with Gasteiger partial charge in [-0.25, -0.2) is 0 Å². The predicted octanol–water partition coefficient (Wildman–Crippen LogP) is 2.65. The molecule has 0 bridgehead atoms. The van der Waals surface area contributed by atoms with Gasteiger partial charge in [0.25, 0.3) is 0 Å². The second-order valence-electron chi connectivity index (χ2n) is 3.27. The third-order valence-electron chi connectivity index (χ3n) is 2.21. The van der Waals surface area contributed by atoms with Crippen molar-refractivity contribution in [3.8, 4) is 0 Å². The van der Waals surface area contributed by atoms with Gasteiger partial charge >= 0.3 is 0 Å². The Morgan fingerprint density at radius 1 is 1.27 bits per heavy atom. The Labute approximate surface area is 112 Å². The fourth-order valence-electron chi connectivity index (χ4n) is 1.45. The van der Waals surface area contributed by atoms with Crippen molar-refractivity contribution in [3.63, 3.8) is 0 Å². The van der Waals surface area contributed by atoms with Gasteiger partial charge in [-0.05, 0) is 44.0 Å². The molecule has 1 saturated heterocycles. The molecule has 1 aliphatic rings. The van der Waals surface area contributed by atoms with Crippen LogP contribution < -0.4 is 10.6 Å². The van der Waals surface area contributed by atoms with E-state index in [1.165, 1.54) is 0 Å².